The number of rotatable bonds is 6. The molecular weight excluding hydrogens is 422 g/mol. The molecule has 0 radical (unpaired) electrons. The van der Waals surface area contributed by atoms with Crippen molar-refractivity contribution >= 4 is 28.9 Å². The van der Waals surface area contributed by atoms with Crippen LogP contribution in [-0.2, 0) is 15.9 Å². The normalized spacial score (nSPS) is 27.0. The summed E-state index contributed by atoms with van der Waals surface area (Å²) in [5, 5.41) is 40.8. The zero-order valence-electron chi connectivity index (χ0n) is 15.6. The van der Waals surface area contributed by atoms with Gasteiger partial charge in [0, 0.05) is 11.4 Å². The van der Waals surface area contributed by atoms with Gasteiger partial charge in [-0.2, -0.15) is 0 Å². The number of aliphatic hydroxyl groups excluding tert-OH is 4. The van der Waals surface area contributed by atoms with Crippen molar-refractivity contribution in [3.63, 3.8) is 0 Å². The molecule has 0 bridgehead atoms. The Kier molecular flexibility index (Phi) is 7.23. The lowest BCUT2D eigenvalue weighted by Gasteiger charge is -2.40. The minimum absolute atomic E-state index is 0.277. The third-order valence-corrected chi connectivity index (χ3v) is 6.01. The summed E-state index contributed by atoms with van der Waals surface area (Å²) in [5.74, 6) is -0.433. The zero-order chi connectivity index (χ0) is 21.1. The molecule has 2 heterocycles. The Hall–Kier alpha value is -1.59. The van der Waals surface area contributed by atoms with E-state index in [9.17, 15) is 25.2 Å². The number of aliphatic hydroxyl groups is 4. The van der Waals surface area contributed by atoms with Crippen molar-refractivity contribution in [3.8, 4) is 0 Å². The van der Waals surface area contributed by atoms with Crippen LogP contribution < -0.4 is 0 Å². The molecule has 0 unspecified atom stereocenters. The van der Waals surface area contributed by atoms with Gasteiger partial charge in [0.15, 0.2) is 0 Å². The standard InChI is InChI=1S/C19H22ClNO7S/c1-2-27-19(26)13-7-21-14(29-13)6-10-5-9(3-4-11(10)20)18-17(25)16(24)15(23)12(8-22)28-18/h3-5,7,12,15-18,22-25H,2,6,8H2,1H3/t12-,15-,16+,17-,18+/m1/s1. The predicted molar refractivity (Wildman–Crippen MR) is 105 cm³/mol. The summed E-state index contributed by atoms with van der Waals surface area (Å²) in [6, 6.07) is 4.98. The van der Waals surface area contributed by atoms with E-state index in [0.29, 0.717) is 32.5 Å². The zero-order valence-corrected chi connectivity index (χ0v) is 17.1. The largest absolute Gasteiger partial charge is 0.462 e. The van der Waals surface area contributed by atoms with Crippen LogP contribution >= 0.6 is 22.9 Å². The summed E-state index contributed by atoms with van der Waals surface area (Å²) in [6.45, 7) is 1.50. The maximum Gasteiger partial charge on any atom is 0.349 e. The fourth-order valence-corrected chi connectivity index (χ4v) is 4.15. The Morgan fingerprint density at radius 3 is 2.72 bits per heavy atom. The van der Waals surface area contributed by atoms with Crippen LogP contribution in [0.5, 0.6) is 0 Å². The van der Waals surface area contributed by atoms with Crippen LogP contribution in [-0.4, -0.2) is 69.0 Å². The van der Waals surface area contributed by atoms with Crippen molar-refractivity contribution in [2.45, 2.75) is 43.9 Å². The van der Waals surface area contributed by atoms with E-state index in [1.54, 1.807) is 25.1 Å². The van der Waals surface area contributed by atoms with Gasteiger partial charge in [0.2, 0.25) is 0 Å². The monoisotopic (exact) mass is 443 g/mol. The molecule has 1 aromatic carbocycles. The molecule has 1 fully saturated rings. The van der Waals surface area contributed by atoms with E-state index in [-0.39, 0.29) is 6.61 Å². The van der Waals surface area contributed by atoms with Crippen molar-refractivity contribution < 1.29 is 34.7 Å². The second-order valence-corrected chi connectivity index (χ2v) is 8.14. The summed E-state index contributed by atoms with van der Waals surface area (Å²) < 4.78 is 10.6. The molecule has 29 heavy (non-hydrogen) atoms. The third kappa shape index (κ3) is 4.77. The van der Waals surface area contributed by atoms with Crippen LogP contribution in [0.15, 0.2) is 24.4 Å². The fraction of sp³-hybridized carbons (Fsp3) is 0.474. The van der Waals surface area contributed by atoms with Crippen LogP contribution in [0.25, 0.3) is 0 Å². The van der Waals surface area contributed by atoms with Crippen LogP contribution in [0.1, 0.15) is 38.8 Å². The van der Waals surface area contributed by atoms with Crippen LogP contribution in [0.3, 0.4) is 0 Å². The molecular formula is C19H22ClNO7S. The number of halogens is 1. The molecule has 0 saturated carbocycles. The van der Waals surface area contributed by atoms with Gasteiger partial charge in [-0.15, -0.1) is 11.3 Å². The van der Waals surface area contributed by atoms with Gasteiger partial charge >= 0.3 is 5.97 Å². The summed E-state index contributed by atoms with van der Waals surface area (Å²) in [7, 11) is 0. The number of carbonyl (C=O) groups is 1. The minimum atomic E-state index is -1.46. The number of aromatic nitrogens is 1. The van der Waals surface area contributed by atoms with Gasteiger partial charge in [-0.3, -0.25) is 0 Å². The Bertz CT molecular complexity index is 859. The smallest absolute Gasteiger partial charge is 0.349 e. The highest BCUT2D eigenvalue weighted by Crippen LogP contribution is 2.34. The summed E-state index contributed by atoms with van der Waals surface area (Å²) in [5.41, 5.74) is 1.22. The maximum atomic E-state index is 11.8. The van der Waals surface area contributed by atoms with Crippen molar-refractivity contribution in [1.29, 1.82) is 0 Å². The number of ether oxygens (including phenoxy) is 2. The molecule has 158 valence electrons. The number of carbonyl (C=O) groups excluding carboxylic acids is 1. The molecule has 0 amide bonds. The molecule has 5 atom stereocenters. The van der Waals surface area contributed by atoms with E-state index < -0.39 is 43.1 Å². The predicted octanol–water partition coefficient (Wildman–Crippen LogP) is 1.08. The molecule has 8 nitrogen and oxygen atoms in total. The first-order chi connectivity index (χ1) is 13.8. The van der Waals surface area contributed by atoms with Crippen LogP contribution in [0, 0.1) is 0 Å². The summed E-state index contributed by atoms with van der Waals surface area (Å²) in [4.78, 5) is 16.4. The number of nitrogens with zero attached hydrogens (tertiary/aromatic N) is 1. The number of esters is 1. The van der Waals surface area contributed by atoms with Crippen molar-refractivity contribution in [2.24, 2.45) is 0 Å². The molecule has 0 spiro atoms. The van der Waals surface area contributed by atoms with Gasteiger partial charge in [-0.05, 0) is 24.1 Å². The van der Waals surface area contributed by atoms with Gasteiger partial charge in [-0.1, -0.05) is 23.7 Å². The van der Waals surface area contributed by atoms with Crippen molar-refractivity contribution in [1.82, 2.24) is 4.98 Å². The molecule has 1 aromatic heterocycles. The Balaban J connectivity index is 1.82. The summed E-state index contributed by atoms with van der Waals surface area (Å²) in [6.07, 6.45) is -4.42. The first kappa shape index (κ1) is 22.1. The topological polar surface area (TPSA) is 129 Å². The molecule has 4 N–H and O–H groups in total. The van der Waals surface area contributed by atoms with Gasteiger partial charge < -0.3 is 29.9 Å². The maximum absolute atomic E-state index is 11.8. The van der Waals surface area contributed by atoms with E-state index in [1.807, 2.05) is 0 Å². The molecule has 10 heteroatoms. The van der Waals surface area contributed by atoms with Crippen molar-refractivity contribution in [2.75, 3.05) is 13.2 Å². The Labute approximate surface area is 176 Å². The van der Waals surface area contributed by atoms with Gasteiger partial charge in [0.05, 0.1) is 24.4 Å². The number of benzene rings is 1. The lowest BCUT2D eigenvalue weighted by molar-refractivity contribution is -0.231. The van der Waals surface area contributed by atoms with E-state index >= 15 is 0 Å². The van der Waals surface area contributed by atoms with Crippen LogP contribution in [0.2, 0.25) is 5.02 Å². The number of hydrogen-bond donors (Lipinski definition) is 4. The number of thiazole rings is 1. The minimum Gasteiger partial charge on any atom is -0.462 e. The SMILES string of the molecule is CCOC(=O)c1cnc(Cc2cc([C@@H]3O[C@H](CO)[C@@H](O)[C@H](O)[C@H]3O)ccc2Cl)s1. The second-order valence-electron chi connectivity index (χ2n) is 6.62. The Morgan fingerprint density at radius 1 is 1.28 bits per heavy atom. The quantitative estimate of drug-likeness (QED) is 0.488. The average molecular weight is 444 g/mol. The molecule has 0 aliphatic carbocycles. The second kappa shape index (κ2) is 9.48. The van der Waals surface area contributed by atoms with Crippen molar-refractivity contribution in [3.05, 3.63) is 50.4 Å². The first-order valence-electron chi connectivity index (χ1n) is 9.06. The van der Waals surface area contributed by atoms with E-state index in [2.05, 4.69) is 4.98 Å². The highest BCUT2D eigenvalue weighted by molar-refractivity contribution is 7.13. The molecule has 1 saturated heterocycles. The van der Waals surface area contributed by atoms with Gasteiger partial charge in [0.1, 0.15) is 35.4 Å². The average Bonchev–Trinajstić information content (AvgIpc) is 3.17. The highest BCUT2D eigenvalue weighted by Gasteiger charge is 2.44. The fourth-order valence-electron chi connectivity index (χ4n) is 3.14. The highest BCUT2D eigenvalue weighted by atomic mass is 35.5. The van der Waals surface area contributed by atoms with Crippen LogP contribution in [0.4, 0.5) is 0 Å². The summed E-state index contributed by atoms with van der Waals surface area (Å²) >= 11 is 7.50. The lowest BCUT2D eigenvalue weighted by Crippen LogP contribution is -2.55. The lowest BCUT2D eigenvalue weighted by atomic mass is 9.90. The molecule has 2 aromatic rings. The molecule has 1 aliphatic heterocycles. The Morgan fingerprint density at radius 2 is 2.03 bits per heavy atom. The van der Waals surface area contributed by atoms with E-state index in [1.165, 1.54) is 17.5 Å². The van der Waals surface area contributed by atoms with Gasteiger partial charge in [-0.25, -0.2) is 9.78 Å². The number of hydrogen-bond acceptors (Lipinski definition) is 9. The molecule has 3 rings (SSSR count). The van der Waals surface area contributed by atoms with E-state index in [4.69, 9.17) is 21.1 Å². The third-order valence-electron chi connectivity index (χ3n) is 4.66. The first-order valence-corrected chi connectivity index (χ1v) is 10.3. The van der Waals surface area contributed by atoms with E-state index in [0.717, 1.165) is 0 Å². The molecule has 1 aliphatic rings. The van der Waals surface area contributed by atoms with Gasteiger partial charge in [0.25, 0.3) is 0 Å².